The molecule has 3 aromatic rings. The molecule has 1 saturated heterocycles. The second kappa shape index (κ2) is 5.72. The highest BCUT2D eigenvalue weighted by molar-refractivity contribution is 6.06. The minimum absolute atomic E-state index is 0.159. The van der Waals surface area contributed by atoms with Crippen molar-refractivity contribution in [2.45, 2.75) is 18.6 Å². The van der Waals surface area contributed by atoms with E-state index >= 15 is 0 Å². The Kier molecular flexibility index (Phi) is 3.54. The first-order chi connectivity index (χ1) is 11.6. The van der Waals surface area contributed by atoms with Crippen LogP contribution in [0.4, 0.5) is 4.39 Å². The number of carbonyl (C=O) groups excluding carboxylic acids is 1. The van der Waals surface area contributed by atoms with Crippen LogP contribution in [0, 0.1) is 5.82 Å². The lowest BCUT2D eigenvalue weighted by molar-refractivity contribution is 0.0718. The number of carbonyl (C=O) groups is 1. The Hall–Kier alpha value is -2.73. The number of β-amino-alcohol motifs (C(OH)–C–C–N with tert-alkyl or cyclic N) is 1. The average Bonchev–Trinajstić information content (AvgIpc) is 3.21. The van der Waals surface area contributed by atoms with Crippen molar-refractivity contribution in [1.29, 1.82) is 0 Å². The summed E-state index contributed by atoms with van der Waals surface area (Å²) in [6.07, 6.45) is 1.48. The second-order valence-corrected chi connectivity index (χ2v) is 6.05. The zero-order valence-corrected chi connectivity index (χ0v) is 12.8. The zero-order valence-electron chi connectivity index (χ0n) is 12.8. The van der Waals surface area contributed by atoms with Gasteiger partial charge in [-0.05, 0) is 36.2 Å². The molecule has 1 aromatic heterocycles. The molecule has 24 heavy (non-hydrogen) atoms. The maximum absolute atomic E-state index is 13.2. The van der Waals surface area contributed by atoms with E-state index in [1.54, 1.807) is 35.4 Å². The highest BCUT2D eigenvalue weighted by Gasteiger charge is 2.36. The fourth-order valence-corrected chi connectivity index (χ4v) is 3.35. The number of halogens is 1. The maximum atomic E-state index is 13.2. The van der Waals surface area contributed by atoms with Crippen LogP contribution in [0.5, 0.6) is 0 Å². The van der Waals surface area contributed by atoms with E-state index in [4.69, 9.17) is 0 Å². The average molecular weight is 325 g/mol. The van der Waals surface area contributed by atoms with Gasteiger partial charge in [-0.3, -0.25) is 9.89 Å². The summed E-state index contributed by atoms with van der Waals surface area (Å²) in [6.45, 7) is 0.259. The third kappa shape index (κ3) is 2.45. The Morgan fingerprint density at radius 1 is 1.25 bits per heavy atom. The number of hydrogen-bond donors (Lipinski definition) is 2. The molecule has 2 aromatic carbocycles. The molecule has 2 N–H and O–H groups in total. The number of amides is 1. The number of nitrogens with zero attached hydrogens (tertiary/aromatic N) is 2. The van der Waals surface area contributed by atoms with Crippen molar-refractivity contribution < 1.29 is 14.3 Å². The summed E-state index contributed by atoms with van der Waals surface area (Å²) < 4.78 is 13.2. The van der Waals surface area contributed by atoms with Crippen LogP contribution in [0.3, 0.4) is 0 Å². The monoisotopic (exact) mass is 325 g/mol. The van der Waals surface area contributed by atoms with Gasteiger partial charge in [-0.25, -0.2) is 4.39 Å². The molecule has 1 amide bonds. The third-order valence-electron chi connectivity index (χ3n) is 4.51. The molecule has 0 bridgehead atoms. The van der Waals surface area contributed by atoms with Gasteiger partial charge >= 0.3 is 0 Å². The Labute approximate surface area is 137 Å². The van der Waals surface area contributed by atoms with Gasteiger partial charge in [0.2, 0.25) is 0 Å². The van der Waals surface area contributed by atoms with E-state index in [-0.39, 0.29) is 24.3 Å². The number of likely N-dealkylation sites (tertiary alicyclic amines) is 1. The number of aromatic nitrogens is 2. The molecule has 5 nitrogen and oxygen atoms in total. The van der Waals surface area contributed by atoms with Crippen LogP contribution in [0.15, 0.2) is 48.7 Å². The smallest absolute Gasteiger partial charge is 0.255 e. The first-order valence-electron chi connectivity index (χ1n) is 7.80. The molecule has 4 rings (SSSR count). The minimum atomic E-state index is -0.590. The molecule has 0 unspecified atom stereocenters. The van der Waals surface area contributed by atoms with Crippen LogP contribution >= 0.6 is 0 Å². The number of rotatable bonds is 2. The molecule has 0 aliphatic carbocycles. The quantitative estimate of drug-likeness (QED) is 0.761. The first kappa shape index (κ1) is 14.8. The van der Waals surface area contributed by atoms with E-state index in [9.17, 15) is 14.3 Å². The molecule has 2 heterocycles. The van der Waals surface area contributed by atoms with Gasteiger partial charge < -0.3 is 10.0 Å². The Morgan fingerprint density at radius 2 is 2.04 bits per heavy atom. The van der Waals surface area contributed by atoms with Gasteiger partial charge in [0.15, 0.2) is 0 Å². The Bertz CT molecular complexity index is 891. The van der Waals surface area contributed by atoms with E-state index in [2.05, 4.69) is 10.2 Å². The van der Waals surface area contributed by atoms with Crippen LogP contribution in [0.25, 0.3) is 10.9 Å². The van der Waals surface area contributed by atoms with Crippen LogP contribution in [0.1, 0.15) is 28.4 Å². The molecule has 122 valence electrons. The van der Waals surface area contributed by atoms with Crippen molar-refractivity contribution in [3.8, 4) is 0 Å². The largest absolute Gasteiger partial charge is 0.391 e. The highest BCUT2D eigenvalue weighted by Crippen LogP contribution is 2.34. The number of H-pyrrole nitrogens is 1. The molecule has 0 spiro atoms. The lowest BCUT2D eigenvalue weighted by atomic mass is 10.0. The fraction of sp³-hybridized carbons (Fsp3) is 0.222. The summed E-state index contributed by atoms with van der Waals surface area (Å²) in [7, 11) is 0. The zero-order chi connectivity index (χ0) is 16.7. The summed E-state index contributed by atoms with van der Waals surface area (Å²) in [5.41, 5.74) is 2.15. The fourth-order valence-electron chi connectivity index (χ4n) is 3.35. The minimum Gasteiger partial charge on any atom is -0.391 e. The van der Waals surface area contributed by atoms with Gasteiger partial charge in [-0.15, -0.1) is 0 Å². The number of fused-ring (bicyclic) bond motifs is 1. The number of aliphatic hydroxyl groups is 1. The molecule has 0 saturated carbocycles. The van der Waals surface area contributed by atoms with Gasteiger partial charge in [0.05, 0.1) is 29.4 Å². The lowest BCUT2D eigenvalue weighted by Crippen LogP contribution is -2.31. The third-order valence-corrected chi connectivity index (χ3v) is 4.51. The lowest BCUT2D eigenvalue weighted by Gasteiger charge is -2.25. The molecule has 1 aliphatic heterocycles. The molecule has 1 fully saturated rings. The van der Waals surface area contributed by atoms with Crippen molar-refractivity contribution in [2.75, 3.05) is 6.54 Å². The van der Waals surface area contributed by atoms with Gasteiger partial charge in [-0.1, -0.05) is 18.2 Å². The number of nitrogens with one attached hydrogen (secondary N) is 1. The van der Waals surface area contributed by atoms with Gasteiger partial charge in [-0.2, -0.15) is 5.10 Å². The van der Waals surface area contributed by atoms with Crippen molar-refractivity contribution in [2.24, 2.45) is 0 Å². The topological polar surface area (TPSA) is 69.2 Å². The molecule has 6 heteroatoms. The SMILES string of the molecule is O=C(c1cccc2[nH]ncc12)N1C[C@@H](O)C[C@@H]1c1ccc(F)cc1. The van der Waals surface area contributed by atoms with Crippen LogP contribution in [0.2, 0.25) is 0 Å². The van der Waals surface area contributed by atoms with E-state index in [1.165, 1.54) is 12.1 Å². The van der Waals surface area contributed by atoms with E-state index in [1.807, 2.05) is 6.07 Å². The maximum Gasteiger partial charge on any atom is 0.255 e. The summed E-state index contributed by atoms with van der Waals surface area (Å²) in [5, 5.41) is 17.7. The molecule has 2 atom stereocenters. The predicted molar refractivity (Wildman–Crippen MR) is 86.9 cm³/mol. The van der Waals surface area contributed by atoms with Gasteiger partial charge in [0, 0.05) is 11.9 Å². The molecular formula is C18H16FN3O2. The summed E-state index contributed by atoms with van der Waals surface area (Å²) in [5.74, 6) is -0.480. The molecule has 0 radical (unpaired) electrons. The number of aliphatic hydroxyl groups excluding tert-OH is 1. The first-order valence-corrected chi connectivity index (χ1v) is 7.80. The van der Waals surface area contributed by atoms with Crippen LogP contribution in [-0.4, -0.2) is 38.8 Å². The predicted octanol–water partition coefficient (Wildman–Crippen LogP) is 2.65. The van der Waals surface area contributed by atoms with E-state index < -0.39 is 6.10 Å². The van der Waals surface area contributed by atoms with Gasteiger partial charge in [0.1, 0.15) is 5.82 Å². The standard InChI is InChI=1S/C18H16FN3O2/c19-12-6-4-11(5-7-12)17-8-13(23)10-22(17)18(24)14-2-1-3-16-15(14)9-20-21-16/h1-7,9,13,17,23H,8,10H2,(H,20,21)/t13-,17+/m0/s1. The Balaban J connectivity index is 1.72. The van der Waals surface area contributed by atoms with E-state index in [0.29, 0.717) is 12.0 Å². The van der Waals surface area contributed by atoms with Crippen molar-refractivity contribution in [3.63, 3.8) is 0 Å². The second-order valence-electron chi connectivity index (χ2n) is 6.05. The summed E-state index contributed by atoms with van der Waals surface area (Å²) >= 11 is 0. The summed E-state index contributed by atoms with van der Waals surface area (Å²) in [6, 6.07) is 11.2. The van der Waals surface area contributed by atoms with E-state index in [0.717, 1.165) is 16.5 Å². The highest BCUT2D eigenvalue weighted by atomic mass is 19.1. The normalized spacial score (nSPS) is 20.7. The summed E-state index contributed by atoms with van der Waals surface area (Å²) in [4.78, 5) is 14.7. The number of hydrogen-bond acceptors (Lipinski definition) is 3. The number of benzene rings is 2. The van der Waals surface area contributed by atoms with Crippen LogP contribution in [-0.2, 0) is 0 Å². The van der Waals surface area contributed by atoms with Gasteiger partial charge in [0.25, 0.3) is 5.91 Å². The molecular weight excluding hydrogens is 309 g/mol. The van der Waals surface area contributed by atoms with Crippen LogP contribution < -0.4 is 0 Å². The Morgan fingerprint density at radius 3 is 2.83 bits per heavy atom. The van der Waals surface area contributed by atoms with Crippen molar-refractivity contribution in [1.82, 2.24) is 15.1 Å². The van der Waals surface area contributed by atoms with Crippen molar-refractivity contribution in [3.05, 3.63) is 65.6 Å². The number of aromatic amines is 1. The van der Waals surface area contributed by atoms with Crippen molar-refractivity contribution >= 4 is 16.8 Å². The molecule has 1 aliphatic rings.